The molecule has 0 aliphatic rings. The summed E-state index contributed by atoms with van der Waals surface area (Å²) < 4.78 is 6.18. The maximum Gasteiger partial charge on any atom is 0.223 e. The van der Waals surface area contributed by atoms with Gasteiger partial charge in [-0.3, -0.25) is 9.78 Å². The van der Waals surface area contributed by atoms with Crippen LogP contribution in [0.1, 0.15) is 28.7 Å². The Morgan fingerprint density at radius 3 is 2.59 bits per heavy atom. The molecule has 1 aromatic heterocycles. The van der Waals surface area contributed by atoms with Crippen molar-refractivity contribution in [1.29, 1.82) is 0 Å². The standard InChI is InChI=1S/C24H25BrN2O2/c1-18-6-3-4-8-21(18)17-27(16-20-7-5-13-26-15-20)24(28)12-10-19-9-11-23(29-2)22(25)14-19/h3-9,11,13-15H,10,12,16-17H2,1-2H3. The first kappa shape index (κ1) is 21.1. The minimum atomic E-state index is 0.129. The SMILES string of the molecule is COc1ccc(CCC(=O)N(Cc2cccnc2)Cc2ccccc2C)cc1Br. The fraction of sp³-hybridized carbons (Fsp3) is 0.250. The van der Waals surface area contributed by atoms with Gasteiger partial charge in [0.15, 0.2) is 0 Å². The van der Waals surface area contributed by atoms with Crippen molar-refractivity contribution in [2.45, 2.75) is 32.9 Å². The van der Waals surface area contributed by atoms with Crippen molar-refractivity contribution in [3.63, 3.8) is 0 Å². The van der Waals surface area contributed by atoms with E-state index in [0.29, 0.717) is 25.9 Å². The second kappa shape index (κ2) is 10.2. The van der Waals surface area contributed by atoms with Crippen molar-refractivity contribution in [2.75, 3.05) is 7.11 Å². The van der Waals surface area contributed by atoms with Crippen LogP contribution in [0.2, 0.25) is 0 Å². The van der Waals surface area contributed by atoms with Crippen LogP contribution >= 0.6 is 15.9 Å². The Labute approximate surface area is 180 Å². The first-order valence-electron chi connectivity index (χ1n) is 9.60. The van der Waals surface area contributed by atoms with E-state index in [9.17, 15) is 4.79 Å². The Hall–Kier alpha value is -2.66. The Morgan fingerprint density at radius 1 is 1.07 bits per heavy atom. The second-order valence-electron chi connectivity index (χ2n) is 7.01. The Morgan fingerprint density at radius 2 is 1.90 bits per heavy atom. The molecule has 29 heavy (non-hydrogen) atoms. The van der Waals surface area contributed by atoms with E-state index in [1.807, 2.05) is 53.6 Å². The summed E-state index contributed by atoms with van der Waals surface area (Å²) in [4.78, 5) is 19.2. The molecule has 0 atom stereocenters. The molecule has 0 radical (unpaired) electrons. The van der Waals surface area contributed by atoms with Crippen LogP contribution in [0.4, 0.5) is 0 Å². The molecule has 1 heterocycles. The number of aryl methyl sites for hydroxylation is 2. The number of hydrogen-bond acceptors (Lipinski definition) is 3. The van der Waals surface area contributed by atoms with E-state index in [1.165, 1.54) is 5.56 Å². The number of rotatable bonds is 8. The zero-order valence-corrected chi connectivity index (χ0v) is 18.4. The molecule has 3 rings (SSSR count). The molecule has 1 amide bonds. The number of methoxy groups -OCH3 is 1. The van der Waals surface area contributed by atoms with Gasteiger partial charge in [-0.05, 0) is 69.7 Å². The van der Waals surface area contributed by atoms with E-state index in [-0.39, 0.29) is 5.91 Å². The third-order valence-corrected chi connectivity index (χ3v) is 5.53. The summed E-state index contributed by atoms with van der Waals surface area (Å²) in [7, 11) is 1.64. The molecular formula is C24H25BrN2O2. The summed E-state index contributed by atoms with van der Waals surface area (Å²) in [6.07, 6.45) is 4.70. The van der Waals surface area contributed by atoms with Crippen LogP contribution in [-0.2, 0) is 24.3 Å². The number of amides is 1. The molecular weight excluding hydrogens is 428 g/mol. The number of aromatic nitrogens is 1. The summed E-state index contributed by atoms with van der Waals surface area (Å²) in [6, 6.07) is 18.0. The summed E-state index contributed by atoms with van der Waals surface area (Å²) in [6.45, 7) is 3.22. The number of carbonyl (C=O) groups is 1. The zero-order valence-electron chi connectivity index (χ0n) is 16.8. The zero-order chi connectivity index (χ0) is 20.6. The molecule has 0 aliphatic heterocycles. The lowest BCUT2D eigenvalue weighted by Gasteiger charge is -2.24. The van der Waals surface area contributed by atoms with Crippen molar-refractivity contribution in [1.82, 2.24) is 9.88 Å². The first-order valence-corrected chi connectivity index (χ1v) is 10.4. The van der Waals surface area contributed by atoms with Gasteiger partial charge in [-0.15, -0.1) is 0 Å². The van der Waals surface area contributed by atoms with Gasteiger partial charge in [-0.2, -0.15) is 0 Å². The van der Waals surface area contributed by atoms with Crippen LogP contribution < -0.4 is 4.74 Å². The average Bonchev–Trinajstić information content (AvgIpc) is 2.74. The van der Waals surface area contributed by atoms with E-state index in [2.05, 4.69) is 40.0 Å². The van der Waals surface area contributed by atoms with E-state index in [4.69, 9.17) is 4.74 Å². The van der Waals surface area contributed by atoms with E-state index in [0.717, 1.165) is 26.9 Å². The van der Waals surface area contributed by atoms with Gasteiger partial charge >= 0.3 is 0 Å². The molecule has 2 aromatic carbocycles. The highest BCUT2D eigenvalue weighted by molar-refractivity contribution is 9.10. The summed E-state index contributed by atoms with van der Waals surface area (Å²) in [5, 5.41) is 0. The lowest BCUT2D eigenvalue weighted by molar-refractivity contribution is -0.132. The number of carbonyl (C=O) groups excluding carboxylic acids is 1. The normalized spacial score (nSPS) is 10.6. The Bertz CT molecular complexity index is 960. The molecule has 150 valence electrons. The van der Waals surface area contributed by atoms with Gasteiger partial charge in [0.05, 0.1) is 11.6 Å². The molecule has 0 unspecified atom stereocenters. The Balaban J connectivity index is 1.73. The van der Waals surface area contributed by atoms with Crippen molar-refractivity contribution in [3.8, 4) is 5.75 Å². The van der Waals surface area contributed by atoms with Crippen LogP contribution in [-0.4, -0.2) is 22.9 Å². The predicted octanol–water partition coefficient (Wildman–Crippen LogP) is 5.32. The van der Waals surface area contributed by atoms with Gasteiger partial charge in [0, 0.05) is 31.9 Å². The van der Waals surface area contributed by atoms with Crippen molar-refractivity contribution < 1.29 is 9.53 Å². The van der Waals surface area contributed by atoms with E-state index in [1.54, 1.807) is 13.3 Å². The van der Waals surface area contributed by atoms with E-state index >= 15 is 0 Å². The van der Waals surface area contributed by atoms with Gasteiger partial charge in [0.2, 0.25) is 5.91 Å². The van der Waals surface area contributed by atoms with Gasteiger partial charge < -0.3 is 9.64 Å². The third kappa shape index (κ3) is 5.91. The second-order valence-corrected chi connectivity index (χ2v) is 7.86. The molecule has 4 nitrogen and oxygen atoms in total. The minimum absolute atomic E-state index is 0.129. The maximum absolute atomic E-state index is 13.1. The van der Waals surface area contributed by atoms with Crippen LogP contribution in [0.5, 0.6) is 5.75 Å². The highest BCUT2D eigenvalue weighted by Crippen LogP contribution is 2.26. The third-order valence-electron chi connectivity index (χ3n) is 4.92. The summed E-state index contributed by atoms with van der Waals surface area (Å²) >= 11 is 3.51. The van der Waals surface area contributed by atoms with Crippen molar-refractivity contribution >= 4 is 21.8 Å². The maximum atomic E-state index is 13.1. The fourth-order valence-electron chi connectivity index (χ4n) is 3.21. The average molecular weight is 453 g/mol. The quantitative estimate of drug-likeness (QED) is 0.464. The Kier molecular flexibility index (Phi) is 7.42. The highest BCUT2D eigenvalue weighted by Gasteiger charge is 2.16. The predicted molar refractivity (Wildman–Crippen MR) is 119 cm³/mol. The van der Waals surface area contributed by atoms with Gasteiger partial charge in [0.25, 0.3) is 0 Å². The molecule has 0 bridgehead atoms. The molecule has 0 N–H and O–H groups in total. The molecule has 0 saturated carbocycles. The number of nitrogens with zero attached hydrogens (tertiary/aromatic N) is 2. The molecule has 0 fully saturated rings. The topological polar surface area (TPSA) is 42.4 Å². The van der Waals surface area contributed by atoms with Gasteiger partial charge in [0.1, 0.15) is 5.75 Å². The summed E-state index contributed by atoms with van der Waals surface area (Å²) in [5.41, 5.74) is 4.48. The number of ether oxygens (including phenoxy) is 1. The van der Waals surface area contributed by atoms with Crippen LogP contribution in [0.25, 0.3) is 0 Å². The lowest BCUT2D eigenvalue weighted by atomic mass is 10.1. The lowest BCUT2D eigenvalue weighted by Crippen LogP contribution is -2.30. The largest absolute Gasteiger partial charge is 0.496 e. The summed E-state index contributed by atoms with van der Waals surface area (Å²) in [5.74, 6) is 0.918. The monoisotopic (exact) mass is 452 g/mol. The highest BCUT2D eigenvalue weighted by atomic mass is 79.9. The van der Waals surface area contributed by atoms with Crippen LogP contribution in [0, 0.1) is 6.92 Å². The molecule has 0 saturated heterocycles. The van der Waals surface area contributed by atoms with Crippen molar-refractivity contribution in [3.05, 3.63) is 93.7 Å². The minimum Gasteiger partial charge on any atom is -0.496 e. The number of pyridine rings is 1. The van der Waals surface area contributed by atoms with Crippen LogP contribution in [0.3, 0.4) is 0 Å². The number of hydrogen-bond donors (Lipinski definition) is 0. The molecule has 3 aromatic rings. The van der Waals surface area contributed by atoms with Crippen molar-refractivity contribution in [2.24, 2.45) is 0 Å². The van der Waals surface area contributed by atoms with Gasteiger partial charge in [-0.1, -0.05) is 36.4 Å². The van der Waals surface area contributed by atoms with Gasteiger partial charge in [-0.25, -0.2) is 0 Å². The number of benzene rings is 2. The molecule has 5 heteroatoms. The first-order chi connectivity index (χ1) is 14.1. The smallest absolute Gasteiger partial charge is 0.223 e. The van der Waals surface area contributed by atoms with Crippen LogP contribution in [0.15, 0.2) is 71.5 Å². The van der Waals surface area contributed by atoms with E-state index < -0.39 is 0 Å². The number of halogens is 1. The molecule has 0 aliphatic carbocycles. The fourth-order valence-corrected chi connectivity index (χ4v) is 3.80. The molecule has 0 spiro atoms.